The third-order valence-electron chi connectivity index (χ3n) is 5.81. The van der Waals surface area contributed by atoms with Crippen LogP contribution in [0.2, 0.25) is 0 Å². The van der Waals surface area contributed by atoms with Gasteiger partial charge in [0.1, 0.15) is 0 Å². The Morgan fingerprint density at radius 3 is 2.17 bits per heavy atom. The highest BCUT2D eigenvalue weighted by Crippen LogP contribution is 2.34. The fourth-order valence-electron chi connectivity index (χ4n) is 4.24. The first-order chi connectivity index (χ1) is 10.9. The molecule has 0 aromatic heterocycles. The van der Waals surface area contributed by atoms with Crippen molar-refractivity contribution in [3.63, 3.8) is 0 Å². The van der Waals surface area contributed by atoms with E-state index in [4.69, 9.17) is 5.73 Å². The zero-order valence-electron chi connectivity index (χ0n) is 14.7. The van der Waals surface area contributed by atoms with Gasteiger partial charge in [-0.2, -0.15) is 5.10 Å². The molecule has 2 aliphatic rings. The summed E-state index contributed by atoms with van der Waals surface area (Å²) in [5.41, 5.74) is 9.13. The predicted octanol–water partition coefficient (Wildman–Crippen LogP) is 2.84. The lowest BCUT2D eigenvalue weighted by molar-refractivity contribution is -0.129. The van der Waals surface area contributed by atoms with E-state index in [9.17, 15) is 9.59 Å². The first kappa shape index (κ1) is 18.0. The Kier molecular flexibility index (Phi) is 6.19. The van der Waals surface area contributed by atoms with E-state index in [0.717, 1.165) is 30.9 Å². The van der Waals surface area contributed by atoms with Crippen molar-refractivity contribution in [2.24, 2.45) is 40.4 Å². The van der Waals surface area contributed by atoms with Crippen LogP contribution in [0.1, 0.15) is 65.7 Å². The molecule has 0 spiro atoms. The SMILES string of the molecule is C/C(=N\NC(=O)C1CCC(C(N)=O)CC1)C1CCC(C)CC1C. The predicted molar refractivity (Wildman–Crippen MR) is 91.6 cm³/mol. The maximum Gasteiger partial charge on any atom is 0.243 e. The monoisotopic (exact) mass is 321 g/mol. The molecular formula is C18H31N3O2. The number of carbonyl (C=O) groups excluding carboxylic acids is 2. The van der Waals surface area contributed by atoms with Gasteiger partial charge < -0.3 is 5.73 Å². The van der Waals surface area contributed by atoms with Crippen LogP contribution in [-0.2, 0) is 9.59 Å². The van der Waals surface area contributed by atoms with Gasteiger partial charge in [0.25, 0.3) is 0 Å². The van der Waals surface area contributed by atoms with Crippen molar-refractivity contribution in [3.05, 3.63) is 0 Å². The van der Waals surface area contributed by atoms with Gasteiger partial charge in [0.15, 0.2) is 0 Å². The molecule has 3 unspecified atom stereocenters. The molecule has 2 fully saturated rings. The fraction of sp³-hybridized carbons (Fsp3) is 0.833. The summed E-state index contributed by atoms with van der Waals surface area (Å²) in [5, 5.41) is 4.38. The number of hydrogen-bond acceptors (Lipinski definition) is 3. The Bertz CT molecular complexity index is 467. The summed E-state index contributed by atoms with van der Waals surface area (Å²) in [6, 6.07) is 0. The van der Waals surface area contributed by atoms with E-state index in [1.807, 2.05) is 6.92 Å². The zero-order valence-corrected chi connectivity index (χ0v) is 14.7. The Morgan fingerprint density at radius 2 is 1.61 bits per heavy atom. The molecule has 23 heavy (non-hydrogen) atoms. The molecule has 2 amide bonds. The van der Waals surface area contributed by atoms with Crippen LogP contribution in [0.4, 0.5) is 0 Å². The second kappa shape index (κ2) is 7.93. The summed E-state index contributed by atoms with van der Waals surface area (Å²) < 4.78 is 0. The Balaban J connectivity index is 1.82. The van der Waals surface area contributed by atoms with Gasteiger partial charge in [-0.1, -0.05) is 20.3 Å². The maximum atomic E-state index is 12.3. The molecule has 2 rings (SSSR count). The maximum absolute atomic E-state index is 12.3. The highest BCUT2D eigenvalue weighted by atomic mass is 16.2. The number of hydrazone groups is 1. The summed E-state index contributed by atoms with van der Waals surface area (Å²) in [6.07, 6.45) is 6.53. The van der Waals surface area contributed by atoms with Gasteiger partial charge in [-0.05, 0) is 57.3 Å². The van der Waals surface area contributed by atoms with Gasteiger partial charge in [0.05, 0.1) is 0 Å². The molecule has 3 atom stereocenters. The number of carbonyl (C=O) groups is 2. The Labute approximate surface area is 139 Å². The van der Waals surface area contributed by atoms with Gasteiger partial charge in [-0.15, -0.1) is 0 Å². The van der Waals surface area contributed by atoms with E-state index in [-0.39, 0.29) is 23.7 Å². The minimum atomic E-state index is -0.238. The van der Waals surface area contributed by atoms with E-state index in [1.54, 1.807) is 0 Å². The lowest BCUT2D eigenvalue weighted by Gasteiger charge is -2.32. The van der Waals surface area contributed by atoms with Crippen LogP contribution in [-0.4, -0.2) is 17.5 Å². The first-order valence-electron chi connectivity index (χ1n) is 9.01. The van der Waals surface area contributed by atoms with Crippen molar-refractivity contribution < 1.29 is 9.59 Å². The minimum Gasteiger partial charge on any atom is -0.369 e. The highest BCUT2D eigenvalue weighted by molar-refractivity contribution is 5.87. The summed E-state index contributed by atoms with van der Waals surface area (Å²) in [6.45, 7) is 6.62. The van der Waals surface area contributed by atoms with Gasteiger partial charge in [0.2, 0.25) is 11.8 Å². The van der Waals surface area contributed by atoms with Crippen molar-refractivity contribution in [1.82, 2.24) is 5.43 Å². The van der Waals surface area contributed by atoms with E-state index in [1.165, 1.54) is 12.8 Å². The van der Waals surface area contributed by atoms with Crippen molar-refractivity contribution in [2.75, 3.05) is 0 Å². The molecule has 3 N–H and O–H groups in total. The molecule has 130 valence electrons. The fourth-order valence-corrected chi connectivity index (χ4v) is 4.24. The highest BCUT2D eigenvalue weighted by Gasteiger charge is 2.30. The van der Waals surface area contributed by atoms with Crippen molar-refractivity contribution in [2.45, 2.75) is 65.7 Å². The molecule has 5 heteroatoms. The molecule has 0 saturated heterocycles. The molecular weight excluding hydrogens is 290 g/mol. The van der Waals surface area contributed by atoms with Crippen molar-refractivity contribution in [3.8, 4) is 0 Å². The summed E-state index contributed by atoms with van der Waals surface area (Å²) in [7, 11) is 0. The van der Waals surface area contributed by atoms with Crippen molar-refractivity contribution in [1.29, 1.82) is 0 Å². The van der Waals surface area contributed by atoms with Gasteiger partial charge >= 0.3 is 0 Å². The summed E-state index contributed by atoms with van der Waals surface area (Å²) in [4.78, 5) is 23.4. The van der Waals surface area contributed by atoms with Crippen LogP contribution >= 0.6 is 0 Å². The molecule has 0 aromatic carbocycles. The van der Waals surface area contributed by atoms with Crippen LogP contribution < -0.4 is 11.2 Å². The molecule has 5 nitrogen and oxygen atoms in total. The van der Waals surface area contributed by atoms with E-state index in [0.29, 0.717) is 24.7 Å². The lowest BCUT2D eigenvalue weighted by atomic mass is 9.74. The average Bonchev–Trinajstić information content (AvgIpc) is 2.52. The molecule has 0 heterocycles. The van der Waals surface area contributed by atoms with Crippen molar-refractivity contribution >= 4 is 17.5 Å². The quantitative estimate of drug-likeness (QED) is 0.616. The minimum absolute atomic E-state index is 0.0101. The number of hydrogen-bond donors (Lipinski definition) is 2. The smallest absolute Gasteiger partial charge is 0.243 e. The Morgan fingerprint density at radius 1 is 1.00 bits per heavy atom. The van der Waals surface area contributed by atoms with Crippen LogP contribution in [0.5, 0.6) is 0 Å². The van der Waals surface area contributed by atoms with Gasteiger partial charge in [-0.25, -0.2) is 5.43 Å². The second-order valence-electron chi connectivity index (χ2n) is 7.68. The standard InChI is InChI=1S/C18H31N3O2/c1-11-4-9-16(12(2)10-11)13(3)20-21-18(23)15-7-5-14(6-8-15)17(19)22/h11-12,14-16H,4-10H2,1-3H3,(H2,19,22)(H,21,23)/b20-13+. The third-order valence-corrected chi connectivity index (χ3v) is 5.81. The Hall–Kier alpha value is -1.39. The number of nitrogens with one attached hydrogen (secondary N) is 1. The van der Waals surface area contributed by atoms with Crippen LogP contribution in [0.25, 0.3) is 0 Å². The first-order valence-corrected chi connectivity index (χ1v) is 9.01. The molecule has 0 aliphatic heterocycles. The van der Waals surface area contributed by atoms with E-state index >= 15 is 0 Å². The zero-order chi connectivity index (χ0) is 17.0. The summed E-state index contributed by atoms with van der Waals surface area (Å²) in [5.74, 6) is 1.56. The van der Waals surface area contributed by atoms with Crippen LogP contribution in [0, 0.1) is 29.6 Å². The molecule has 0 radical (unpaired) electrons. The van der Waals surface area contributed by atoms with E-state index in [2.05, 4.69) is 24.4 Å². The van der Waals surface area contributed by atoms with Gasteiger partial charge in [0, 0.05) is 23.5 Å². The second-order valence-corrected chi connectivity index (χ2v) is 7.68. The molecule has 2 saturated carbocycles. The molecule has 0 bridgehead atoms. The van der Waals surface area contributed by atoms with Gasteiger partial charge in [-0.3, -0.25) is 9.59 Å². The number of primary amides is 1. The average molecular weight is 321 g/mol. The lowest BCUT2D eigenvalue weighted by Crippen LogP contribution is -2.35. The van der Waals surface area contributed by atoms with E-state index < -0.39 is 0 Å². The third kappa shape index (κ3) is 4.79. The number of rotatable bonds is 4. The molecule has 2 aliphatic carbocycles. The largest absolute Gasteiger partial charge is 0.369 e. The number of amides is 2. The van der Waals surface area contributed by atoms with Crippen LogP contribution in [0.3, 0.4) is 0 Å². The normalized spacial score (nSPS) is 35.6. The van der Waals surface area contributed by atoms with Crippen LogP contribution in [0.15, 0.2) is 5.10 Å². The summed E-state index contributed by atoms with van der Waals surface area (Å²) >= 11 is 0. The number of nitrogens with zero attached hydrogens (tertiary/aromatic N) is 1. The topological polar surface area (TPSA) is 84.6 Å². The molecule has 0 aromatic rings. The number of nitrogens with two attached hydrogens (primary N) is 1.